The highest BCUT2D eigenvalue weighted by atomic mass is 32.1. The summed E-state index contributed by atoms with van der Waals surface area (Å²) in [4.78, 5) is 39.5. The number of benzene rings is 2. The number of amides is 1. The summed E-state index contributed by atoms with van der Waals surface area (Å²) in [6, 6.07) is 12.1. The number of aromatic nitrogens is 2. The van der Waals surface area contributed by atoms with Crippen molar-refractivity contribution in [1.29, 1.82) is 0 Å². The largest absolute Gasteiger partial charge is 0.493 e. The van der Waals surface area contributed by atoms with Crippen molar-refractivity contribution in [1.82, 2.24) is 9.78 Å². The fourth-order valence-corrected chi connectivity index (χ4v) is 4.75. The lowest BCUT2D eigenvalue weighted by atomic mass is 10.0. The highest BCUT2D eigenvalue weighted by Crippen LogP contribution is 2.32. The number of nitrogens with one attached hydrogen (secondary N) is 1. The molecule has 0 spiro atoms. The zero-order chi connectivity index (χ0) is 26.7. The summed E-state index contributed by atoms with van der Waals surface area (Å²) in [6.07, 6.45) is 0. The van der Waals surface area contributed by atoms with Gasteiger partial charge in [-0.1, -0.05) is 26.0 Å². The summed E-state index contributed by atoms with van der Waals surface area (Å²) < 4.78 is 16.9. The molecule has 2 heterocycles. The number of esters is 1. The molecule has 0 aliphatic rings. The molecule has 0 atom stereocenters. The Morgan fingerprint density at radius 1 is 1.05 bits per heavy atom. The molecule has 4 aromatic rings. The number of carbonyl (C=O) groups is 2. The second-order valence-corrected chi connectivity index (χ2v) is 9.29. The van der Waals surface area contributed by atoms with Crippen molar-refractivity contribution >= 4 is 39.0 Å². The van der Waals surface area contributed by atoms with E-state index in [9.17, 15) is 14.4 Å². The van der Waals surface area contributed by atoms with Crippen LogP contribution >= 0.6 is 11.3 Å². The maximum atomic E-state index is 13.6. The second-order valence-electron chi connectivity index (χ2n) is 8.41. The van der Waals surface area contributed by atoms with Crippen molar-refractivity contribution < 1.29 is 23.8 Å². The second kappa shape index (κ2) is 10.8. The van der Waals surface area contributed by atoms with Crippen LogP contribution in [0.1, 0.15) is 53.1 Å². The molecule has 2 aromatic heterocycles. The molecule has 9 nitrogen and oxygen atoms in total. The molecular formula is C27H27N3O6S. The van der Waals surface area contributed by atoms with Crippen LogP contribution in [0.4, 0.5) is 5.00 Å². The Bertz CT molecular complexity index is 1520. The third kappa shape index (κ3) is 5.05. The van der Waals surface area contributed by atoms with Crippen LogP contribution in [0, 0.1) is 0 Å². The predicted octanol–water partition coefficient (Wildman–Crippen LogP) is 5.02. The summed E-state index contributed by atoms with van der Waals surface area (Å²) in [7, 11) is 2.98. The molecule has 0 radical (unpaired) electrons. The summed E-state index contributed by atoms with van der Waals surface area (Å²) in [5, 5.41) is 9.54. The van der Waals surface area contributed by atoms with Gasteiger partial charge in [0, 0.05) is 16.3 Å². The lowest BCUT2D eigenvalue weighted by molar-refractivity contribution is 0.0520. The zero-order valence-electron chi connectivity index (χ0n) is 21.2. The minimum absolute atomic E-state index is 0.00717. The molecular weight excluding hydrogens is 494 g/mol. The average molecular weight is 522 g/mol. The van der Waals surface area contributed by atoms with E-state index < -0.39 is 17.4 Å². The van der Waals surface area contributed by atoms with Crippen LogP contribution < -0.4 is 20.3 Å². The Morgan fingerprint density at radius 3 is 2.38 bits per heavy atom. The van der Waals surface area contributed by atoms with Crippen LogP contribution in [0.15, 0.2) is 52.6 Å². The number of anilines is 1. The minimum Gasteiger partial charge on any atom is -0.493 e. The van der Waals surface area contributed by atoms with Crippen molar-refractivity contribution in [3.8, 4) is 17.2 Å². The highest BCUT2D eigenvalue weighted by Gasteiger charge is 2.24. The van der Waals surface area contributed by atoms with Crippen molar-refractivity contribution in [3.63, 3.8) is 0 Å². The van der Waals surface area contributed by atoms with Gasteiger partial charge in [-0.25, -0.2) is 4.79 Å². The van der Waals surface area contributed by atoms with Crippen LogP contribution in [-0.4, -0.2) is 42.5 Å². The Labute approximate surface area is 217 Å². The van der Waals surface area contributed by atoms with E-state index in [0.717, 1.165) is 21.6 Å². The van der Waals surface area contributed by atoms with Gasteiger partial charge in [0.15, 0.2) is 17.2 Å². The molecule has 0 bridgehead atoms. The van der Waals surface area contributed by atoms with Crippen molar-refractivity contribution in [3.05, 3.63) is 75.0 Å². The molecule has 0 fully saturated rings. The summed E-state index contributed by atoms with van der Waals surface area (Å²) in [5.74, 6) is 0.0814. The highest BCUT2D eigenvalue weighted by molar-refractivity contribution is 7.16. The zero-order valence-corrected chi connectivity index (χ0v) is 22.0. The summed E-state index contributed by atoms with van der Waals surface area (Å²) in [6.45, 7) is 5.99. The summed E-state index contributed by atoms with van der Waals surface area (Å²) in [5.41, 5.74) is 1.42. The van der Waals surface area contributed by atoms with E-state index in [-0.39, 0.29) is 17.7 Å². The normalized spacial score (nSPS) is 11.0. The number of hydrogen-bond donors (Lipinski definition) is 1. The van der Waals surface area contributed by atoms with E-state index in [1.54, 1.807) is 42.6 Å². The Kier molecular flexibility index (Phi) is 7.58. The maximum Gasteiger partial charge on any atom is 0.359 e. The Balaban J connectivity index is 1.83. The van der Waals surface area contributed by atoms with Gasteiger partial charge < -0.3 is 19.5 Å². The van der Waals surface area contributed by atoms with Gasteiger partial charge in [0.05, 0.1) is 31.9 Å². The van der Waals surface area contributed by atoms with Gasteiger partial charge in [0.25, 0.3) is 11.5 Å². The molecule has 192 valence electrons. The lowest BCUT2D eigenvalue weighted by Crippen LogP contribution is -2.25. The number of ether oxygens (including phenoxy) is 3. The number of methoxy groups -OCH3 is 2. The fraction of sp³-hybridized carbons (Fsp3) is 0.259. The number of nitrogens with zero attached hydrogens (tertiary/aromatic N) is 2. The third-order valence-corrected chi connectivity index (χ3v) is 6.69. The third-order valence-electron chi connectivity index (χ3n) is 5.80. The van der Waals surface area contributed by atoms with Crippen LogP contribution in [0.5, 0.6) is 11.5 Å². The number of carbonyl (C=O) groups excluding carboxylic acids is 2. The van der Waals surface area contributed by atoms with E-state index in [0.29, 0.717) is 39.1 Å². The van der Waals surface area contributed by atoms with Gasteiger partial charge in [-0.15, -0.1) is 11.3 Å². The first kappa shape index (κ1) is 25.9. The van der Waals surface area contributed by atoms with Crippen LogP contribution in [0.2, 0.25) is 0 Å². The van der Waals surface area contributed by atoms with Crippen LogP contribution in [-0.2, 0) is 4.74 Å². The van der Waals surface area contributed by atoms with E-state index in [2.05, 4.69) is 24.3 Å². The lowest BCUT2D eigenvalue weighted by Gasteiger charge is -2.12. The molecule has 37 heavy (non-hydrogen) atoms. The number of thiophene rings is 1. The molecule has 1 amide bonds. The van der Waals surface area contributed by atoms with Gasteiger partial charge in [0.1, 0.15) is 5.00 Å². The van der Waals surface area contributed by atoms with Crippen LogP contribution in [0.3, 0.4) is 0 Å². The van der Waals surface area contributed by atoms with E-state index >= 15 is 0 Å². The smallest absolute Gasteiger partial charge is 0.359 e. The minimum atomic E-state index is -0.657. The molecule has 2 aromatic carbocycles. The quantitative estimate of drug-likeness (QED) is 0.324. The van der Waals surface area contributed by atoms with Gasteiger partial charge in [0.2, 0.25) is 0 Å². The molecule has 0 saturated carbocycles. The fourth-order valence-electron chi connectivity index (χ4n) is 3.82. The van der Waals surface area contributed by atoms with Crippen molar-refractivity contribution in [2.24, 2.45) is 0 Å². The Hall–Kier alpha value is -4.18. The van der Waals surface area contributed by atoms with E-state index in [1.165, 1.54) is 14.2 Å². The van der Waals surface area contributed by atoms with Crippen molar-refractivity contribution in [2.45, 2.75) is 26.7 Å². The summed E-state index contributed by atoms with van der Waals surface area (Å²) >= 11 is 1.13. The molecule has 4 rings (SSSR count). The SMILES string of the molecule is CCOC(=O)c1nn(-c2ccc(C(C)C)cc2)c(=O)c2c(NC(=O)c3ccc(OC)c(OC)c3)scc12. The van der Waals surface area contributed by atoms with Crippen molar-refractivity contribution in [2.75, 3.05) is 26.1 Å². The van der Waals surface area contributed by atoms with E-state index in [1.807, 2.05) is 12.1 Å². The first-order valence-electron chi connectivity index (χ1n) is 11.6. The molecule has 1 N–H and O–H groups in total. The maximum absolute atomic E-state index is 13.6. The monoisotopic (exact) mass is 521 g/mol. The predicted molar refractivity (Wildman–Crippen MR) is 143 cm³/mol. The number of rotatable bonds is 8. The Morgan fingerprint density at radius 2 is 1.76 bits per heavy atom. The van der Waals surface area contributed by atoms with Gasteiger partial charge >= 0.3 is 5.97 Å². The van der Waals surface area contributed by atoms with Crippen LogP contribution in [0.25, 0.3) is 16.5 Å². The van der Waals surface area contributed by atoms with E-state index in [4.69, 9.17) is 14.2 Å². The van der Waals surface area contributed by atoms with Gasteiger partial charge in [-0.3, -0.25) is 9.59 Å². The first-order chi connectivity index (χ1) is 17.8. The molecule has 0 saturated heterocycles. The van der Waals surface area contributed by atoms with Gasteiger partial charge in [-0.2, -0.15) is 9.78 Å². The number of hydrogen-bond acceptors (Lipinski definition) is 8. The molecule has 0 aliphatic heterocycles. The van der Waals surface area contributed by atoms with Gasteiger partial charge in [-0.05, 0) is 48.7 Å². The average Bonchev–Trinajstić information content (AvgIpc) is 3.32. The number of fused-ring (bicyclic) bond motifs is 1. The topological polar surface area (TPSA) is 109 Å². The molecule has 0 aliphatic carbocycles. The standard InChI is InChI=1S/C27H27N3O6S/c1-6-36-27(33)23-19-14-37-25(28-24(31)17-9-12-20(34-4)21(13-17)35-5)22(19)26(32)30(29-23)18-10-7-16(8-11-18)15(2)3/h7-15H,6H2,1-5H3,(H,28,31). The first-order valence-corrected chi connectivity index (χ1v) is 12.5. The molecule has 10 heteroatoms. The molecule has 0 unspecified atom stereocenters.